The molecule has 1 aromatic heterocycles. The molecule has 0 bridgehead atoms. The van der Waals surface area contributed by atoms with Crippen LogP contribution in [0.2, 0.25) is 0 Å². The van der Waals surface area contributed by atoms with E-state index in [0.29, 0.717) is 17.0 Å². The van der Waals surface area contributed by atoms with Gasteiger partial charge in [-0.15, -0.1) is 0 Å². The highest BCUT2D eigenvalue weighted by atomic mass is 16.5. The predicted octanol–water partition coefficient (Wildman–Crippen LogP) is 0.781. The number of aromatic nitrogens is 4. The Morgan fingerprint density at radius 1 is 1.40 bits per heavy atom. The molecule has 3 N–H and O–H groups in total. The molecule has 0 aliphatic heterocycles. The van der Waals surface area contributed by atoms with Crippen LogP contribution in [0.5, 0.6) is 5.75 Å². The molecule has 2 rings (SSSR count). The zero-order chi connectivity index (χ0) is 18.4. The van der Waals surface area contributed by atoms with E-state index in [0.717, 1.165) is 20.7 Å². The van der Waals surface area contributed by atoms with Crippen molar-refractivity contribution in [2.45, 2.75) is 6.92 Å². The first-order valence-electron chi connectivity index (χ1n) is 7.66. The van der Waals surface area contributed by atoms with Crippen LogP contribution in [0.3, 0.4) is 0 Å². The van der Waals surface area contributed by atoms with Gasteiger partial charge in [-0.05, 0) is 35.1 Å². The highest BCUT2D eigenvalue weighted by Gasteiger charge is 2.17. The minimum absolute atomic E-state index is 0.138. The quantitative estimate of drug-likeness (QED) is 0.721. The lowest BCUT2D eigenvalue weighted by Crippen LogP contribution is -2.26. The van der Waals surface area contributed by atoms with Crippen molar-refractivity contribution < 1.29 is 4.74 Å². The Kier molecular flexibility index (Phi) is 5.78. The molecular weight excluding hydrogens is 320 g/mol. The molecule has 1 heterocycles. The molecule has 0 spiro atoms. The van der Waals surface area contributed by atoms with Gasteiger partial charge in [-0.1, -0.05) is 24.8 Å². The average molecular weight is 342 g/mol. The van der Waals surface area contributed by atoms with Gasteiger partial charge in [0, 0.05) is 31.6 Å². The van der Waals surface area contributed by atoms with E-state index < -0.39 is 5.69 Å². The van der Waals surface area contributed by atoms with E-state index in [1.54, 1.807) is 13.2 Å². The summed E-state index contributed by atoms with van der Waals surface area (Å²) < 4.78 is 8.18. The maximum Gasteiger partial charge on any atom is 0.368 e. The van der Waals surface area contributed by atoms with Crippen LogP contribution in [0.15, 0.2) is 59.2 Å². The number of rotatable bonds is 7. The number of nitrogens with zero attached hydrogens (tertiary/aromatic N) is 4. The number of ether oxygens (including phenoxy) is 1. The molecular formula is C17H22N6O2. The molecule has 0 atom stereocenters. The minimum Gasteiger partial charge on any atom is -0.488 e. The summed E-state index contributed by atoms with van der Waals surface area (Å²) >= 11 is 0. The van der Waals surface area contributed by atoms with Crippen molar-refractivity contribution in [1.82, 2.24) is 25.1 Å². The monoisotopic (exact) mass is 342 g/mol. The summed E-state index contributed by atoms with van der Waals surface area (Å²) in [6, 6.07) is 7.64. The summed E-state index contributed by atoms with van der Waals surface area (Å²) in [5.41, 5.74) is 8.07. The van der Waals surface area contributed by atoms with Crippen LogP contribution in [0, 0.1) is 6.92 Å². The van der Waals surface area contributed by atoms with Crippen molar-refractivity contribution in [3.63, 3.8) is 0 Å². The highest BCUT2D eigenvalue weighted by Crippen LogP contribution is 2.21. The van der Waals surface area contributed by atoms with E-state index in [1.807, 2.05) is 31.2 Å². The number of hydrogen-bond donors (Lipinski definition) is 2. The molecule has 2 aromatic rings. The number of nitrogens with one attached hydrogen (secondary N) is 1. The molecule has 0 unspecified atom stereocenters. The van der Waals surface area contributed by atoms with E-state index in [-0.39, 0.29) is 6.61 Å². The van der Waals surface area contributed by atoms with Crippen molar-refractivity contribution in [2.24, 2.45) is 12.8 Å². The Morgan fingerprint density at radius 3 is 2.68 bits per heavy atom. The topological polar surface area (TPSA) is 100.0 Å². The molecule has 25 heavy (non-hydrogen) atoms. The van der Waals surface area contributed by atoms with Crippen molar-refractivity contribution >= 4 is 5.70 Å². The summed E-state index contributed by atoms with van der Waals surface area (Å²) in [4.78, 5) is 12.2. The fourth-order valence-corrected chi connectivity index (χ4v) is 2.17. The maximum absolute atomic E-state index is 12.2. The fraction of sp³-hybridized carbons (Fsp3) is 0.235. The number of allylic oxidation sites excluding steroid dienone is 1. The van der Waals surface area contributed by atoms with E-state index >= 15 is 0 Å². The van der Waals surface area contributed by atoms with Gasteiger partial charge in [0.15, 0.2) is 0 Å². The molecule has 0 aliphatic carbocycles. The van der Waals surface area contributed by atoms with E-state index in [2.05, 4.69) is 22.3 Å². The number of tetrazole rings is 1. The van der Waals surface area contributed by atoms with Crippen molar-refractivity contribution in [3.8, 4) is 5.75 Å². The van der Waals surface area contributed by atoms with Crippen molar-refractivity contribution in [1.29, 1.82) is 0 Å². The van der Waals surface area contributed by atoms with Gasteiger partial charge in [-0.2, -0.15) is 9.36 Å². The van der Waals surface area contributed by atoms with Gasteiger partial charge in [0.05, 0.1) is 5.70 Å². The third-order valence-electron chi connectivity index (χ3n) is 3.57. The third kappa shape index (κ3) is 3.97. The zero-order valence-electron chi connectivity index (χ0n) is 14.6. The first-order chi connectivity index (χ1) is 12.0. The van der Waals surface area contributed by atoms with Gasteiger partial charge in [0.2, 0.25) is 0 Å². The van der Waals surface area contributed by atoms with Crippen LogP contribution in [-0.4, -0.2) is 33.4 Å². The Morgan fingerprint density at radius 2 is 2.12 bits per heavy atom. The molecule has 8 nitrogen and oxygen atoms in total. The zero-order valence-corrected chi connectivity index (χ0v) is 14.6. The van der Waals surface area contributed by atoms with Gasteiger partial charge in [-0.3, -0.25) is 0 Å². The third-order valence-corrected chi connectivity index (χ3v) is 3.57. The van der Waals surface area contributed by atoms with E-state index in [9.17, 15) is 4.79 Å². The molecule has 0 radical (unpaired) electrons. The second kappa shape index (κ2) is 8.00. The van der Waals surface area contributed by atoms with Gasteiger partial charge in [0.1, 0.15) is 12.4 Å². The van der Waals surface area contributed by atoms with Crippen molar-refractivity contribution in [2.75, 3.05) is 13.7 Å². The maximum atomic E-state index is 12.2. The molecule has 0 saturated carbocycles. The van der Waals surface area contributed by atoms with Crippen molar-refractivity contribution in [3.05, 3.63) is 70.4 Å². The smallest absolute Gasteiger partial charge is 0.368 e. The average Bonchev–Trinajstić information content (AvgIpc) is 2.94. The summed E-state index contributed by atoms with van der Waals surface area (Å²) in [5.74, 6) is 0.729. The highest BCUT2D eigenvalue weighted by molar-refractivity contribution is 5.66. The van der Waals surface area contributed by atoms with E-state index in [4.69, 9.17) is 10.5 Å². The standard InChI is InChI=1S/C17H22N6O2/c1-5-14(18)13(11-25-16-9-7-6-8-12(16)2)15(10-19-3)23-17(24)22(4)20-21-23/h5-10,19H,1,11,18H2,2-4H3/b14-13-,15-10+. The number of aryl methyl sites for hydroxylation is 2. The van der Waals surface area contributed by atoms with Crippen LogP contribution in [-0.2, 0) is 7.05 Å². The van der Waals surface area contributed by atoms with Crippen LogP contribution >= 0.6 is 0 Å². The second-order valence-electron chi connectivity index (χ2n) is 5.31. The van der Waals surface area contributed by atoms with Crippen LogP contribution in [0.4, 0.5) is 0 Å². The summed E-state index contributed by atoms with van der Waals surface area (Å²) in [5, 5.41) is 10.5. The lowest BCUT2D eigenvalue weighted by atomic mass is 10.1. The summed E-state index contributed by atoms with van der Waals surface area (Å²) in [6.45, 7) is 5.79. The summed E-state index contributed by atoms with van der Waals surface area (Å²) in [6.07, 6.45) is 3.12. The normalized spacial score (nSPS) is 12.5. The van der Waals surface area contributed by atoms with Gasteiger partial charge in [-0.25, -0.2) is 4.79 Å². The molecule has 1 aromatic carbocycles. The number of hydrogen-bond acceptors (Lipinski definition) is 6. The Balaban J connectivity index is 2.43. The second-order valence-corrected chi connectivity index (χ2v) is 5.31. The number of benzene rings is 1. The van der Waals surface area contributed by atoms with Crippen LogP contribution in [0.25, 0.3) is 5.70 Å². The van der Waals surface area contributed by atoms with E-state index in [1.165, 1.54) is 13.1 Å². The molecule has 8 heteroatoms. The first kappa shape index (κ1) is 18.1. The Hall–Kier alpha value is -3.29. The minimum atomic E-state index is -0.397. The molecule has 0 amide bonds. The number of nitrogens with two attached hydrogens (primary N) is 1. The SMILES string of the molecule is C=C/C(N)=C(COc1ccccc1C)/C(=C\NC)n1nnn(C)c1=O. The Bertz CT molecular complexity index is 875. The van der Waals surface area contributed by atoms with Gasteiger partial charge >= 0.3 is 5.69 Å². The van der Waals surface area contributed by atoms with Crippen LogP contribution < -0.4 is 21.5 Å². The molecule has 0 saturated heterocycles. The fourth-order valence-electron chi connectivity index (χ4n) is 2.17. The summed E-state index contributed by atoms with van der Waals surface area (Å²) in [7, 11) is 3.23. The Labute approximate surface area is 145 Å². The predicted molar refractivity (Wildman–Crippen MR) is 96.7 cm³/mol. The van der Waals surface area contributed by atoms with Gasteiger partial charge < -0.3 is 15.8 Å². The lowest BCUT2D eigenvalue weighted by molar-refractivity contribution is 0.352. The lowest BCUT2D eigenvalue weighted by Gasteiger charge is -2.15. The largest absolute Gasteiger partial charge is 0.488 e. The number of para-hydroxylation sites is 1. The van der Waals surface area contributed by atoms with Gasteiger partial charge in [0.25, 0.3) is 0 Å². The molecule has 0 aliphatic rings. The first-order valence-corrected chi connectivity index (χ1v) is 7.66. The molecule has 132 valence electrons. The molecule has 0 fully saturated rings. The van der Waals surface area contributed by atoms with Crippen LogP contribution in [0.1, 0.15) is 5.56 Å².